The van der Waals surface area contributed by atoms with E-state index in [4.69, 9.17) is 42.6 Å². The molecule has 0 bridgehead atoms. The molecule has 18 nitrogen and oxygen atoms in total. The van der Waals surface area contributed by atoms with Gasteiger partial charge in [0, 0.05) is 92.0 Å². The summed E-state index contributed by atoms with van der Waals surface area (Å²) in [5, 5.41) is 18.5. The van der Waals surface area contributed by atoms with E-state index in [1.54, 1.807) is 32.4 Å². The van der Waals surface area contributed by atoms with Crippen molar-refractivity contribution in [2.75, 3.05) is 156 Å². The number of hydrogen-bond donors (Lipinski definition) is 6. The van der Waals surface area contributed by atoms with Gasteiger partial charge in [0.15, 0.2) is 0 Å². The largest absolute Gasteiger partial charge is 0.379 e. The number of rotatable bonds is 52. The first-order valence-corrected chi connectivity index (χ1v) is 38.2. The maximum atomic E-state index is 11.6. The van der Waals surface area contributed by atoms with Crippen molar-refractivity contribution in [2.45, 2.75) is 171 Å². The van der Waals surface area contributed by atoms with Gasteiger partial charge < -0.3 is 74.5 Å². The zero-order valence-electron chi connectivity index (χ0n) is 56.6. The van der Waals surface area contributed by atoms with E-state index in [1.165, 1.54) is 0 Å². The number of nitrogens with one attached hydrogen (secondary N) is 6. The summed E-state index contributed by atoms with van der Waals surface area (Å²) in [5.74, 6) is 22.2. The summed E-state index contributed by atoms with van der Waals surface area (Å²) in [4.78, 5) is 34.5. The van der Waals surface area contributed by atoms with E-state index >= 15 is 0 Å². The SMILES string of the molecule is CC(C)C#CCNC(=O)CCOCCOCCOC(C)(C)SSCCNC(C)C.CC(C)C#CCNC(=O)CCOCCOCCOC(C)SSCCNC(C)C.CC(C)C#CCNC(=O)CCOCCOCCOC(SSCCNC(C)C)C(C)C. The van der Waals surface area contributed by atoms with Crippen LogP contribution in [0.1, 0.15) is 137 Å². The maximum Gasteiger partial charge on any atom is 0.223 e. The molecule has 24 heteroatoms. The Labute approximate surface area is 553 Å². The quantitative estimate of drug-likeness (QED) is 0.0145. The predicted molar refractivity (Wildman–Crippen MR) is 375 cm³/mol. The Hall–Kier alpha value is -1.29. The molecule has 0 aliphatic heterocycles. The molecule has 0 aromatic heterocycles. The lowest BCUT2D eigenvalue weighted by molar-refractivity contribution is -0.122. The minimum absolute atomic E-state index is 0.0440. The fourth-order valence-corrected chi connectivity index (χ4v) is 12.5. The van der Waals surface area contributed by atoms with Crippen LogP contribution in [0.2, 0.25) is 0 Å². The average molecular weight is 1350 g/mol. The molecule has 0 aliphatic rings. The molecule has 2 unspecified atom stereocenters. The van der Waals surface area contributed by atoms with E-state index < -0.39 is 0 Å². The van der Waals surface area contributed by atoms with Gasteiger partial charge in [-0.2, -0.15) is 0 Å². The highest BCUT2D eigenvalue weighted by Crippen LogP contribution is 2.36. The summed E-state index contributed by atoms with van der Waals surface area (Å²) in [6, 6.07) is 1.59. The van der Waals surface area contributed by atoms with E-state index in [0.29, 0.717) is 180 Å². The lowest BCUT2D eigenvalue weighted by Gasteiger charge is -2.24. The van der Waals surface area contributed by atoms with E-state index in [-0.39, 0.29) is 33.5 Å². The van der Waals surface area contributed by atoms with Crippen LogP contribution in [0.15, 0.2) is 0 Å². The first kappa shape index (κ1) is 89.9. The molecule has 0 radical (unpaired) electrons. The van der Waals surface area contributed by atoms with Crippen molar-refractivity contribution < 1.29 is 57.0 Å². The second kappa shape index (κ2) is 66.2. The van der Waals surface area contributed by atoms with Gasteiger partial charge in [0.2, 0.25) is 17.7 Å². The van der Waals surface area contributed by atoms with E-state index in [1.807, 2.05) is 73.9 Å². The second-order valence-corrected chi connectivity index (χ2v) is 30.3. The van der Waals surface area contributed by atoms with Gasteiger partial charge in [-0.1, -0.05) is 197 Å². The molecule has 0 rings (SSSR count). The number of ether oxygens (including phenoxy) is 9. The molecule has 87 heavy (non-hydrogen) atoms. The highest BCUT2D eigenvalue weighted by molar-refractivity contribution is 8.77. The Balaban J connectivity index is -0.00000122. The Morgan fingerprint density at radius 3 is 1.08 bits per heavy atom. The highest BCUT2D eigenvalue weighted by atomic mass is 33.1. The first-order valence-electron chi connectivity index (χ1n) is 31.1. The van der Waals surface area contributed by atoms with Crippen molar-refractivity contribution in [1.29, 1.82) is 0 Å². The molecule has 0 heterocycles. The zero-order valence-corrected chi connectivity index (χ0v) is 61.5. The first-order chi connectivity index (χ1) is 41.5. The highest BCUT2D eigenvalue weighted by Gasteiger charge is 2.19. The van der Waals surface area contributed by atoms with Crippen LogP contribution in [-0.4, -0.2) is 207 Å². The summed E-state index contributed by atoms with van der Waals surface area (Å²) < 4.78 is 50.3. The molecular weight excluding hydrogens is 1230 g/mol. The van der Waals surface area contributed by atoms with Crippen LogP contribution in [0.4, 0.5) is 0 Å². The third kappa shape index (κ3) is 78.9. The van der Waals surface area contributed by atoms with E-state index in [0.717, 1.165) is 36.9 Å². The van der Waals surface area contributed by atoms with Crippen LogP contribution in [-0.2, 0) is 57.0 Å². The van der Waals surface area contributed by atoms with Gasteiger partial charge in [0.1, 0.15) is 15.8 Å². The summed E-state index contributed by atoms with van der Waals surface area (Å²) in [5.41, 5.74) is 0.310. The fraction of sp³-hybridized carbons (Fsp3) is 0.857. The molecular formula is C63H120N6O12S6. The van der Waals surface area contributed by atoms with Crippen molar-refractivity contribution in [2.24, 2.45) is 23.7 Å². The minimum atomic E-state index is -0.241. The van der Waals surface area contributed by atoms with Crippen molar-refractivity contribution in [1.82, 2.24) is 31.9 Å². The topological polar surface area (TPSA) is 206 Å². The predicted octanol–water partition coefficient (Wildman–Crippen LogP) is 9.81. The van der Waals surface area contributed by atoms with Crippen molar-refractivity contribution in [3.8, 4) is 35.5 Å². The van der Waals surface area contributed by atoms with E-state index in [2.05, 4.69) is 144 Å². The van der Waals surface area contributed by atoms with Gasteiger partial charge in [-0.05, 0) is 26.7 Å². The lowest BCUT2D eigenvalue weighted by atomic mass is 10.2. The number of hydrogen-bond acceptors (Lipinski definition) is 21. The van der Waals surface area contributed by atoms with Gasteiger partial charge in [0.05, 0.1) is 119 Å². The Morgan fingerprint density at radius 1 is 0.402 bits per heavy atom. The monoisotopic (exact) mass is 1340 g/mol. The van der Waals surface area contributed by atoms with Crippen LogP contribution < -0.4 is 31.9 Å². The molecule has 0 spiro atoms. The van der Waals surface area contributed by atoms with Gasteiger partial charge in [-0.15, -0.1) is 0 Å². The average Bonchev–Trinajstić information content (AvgIpc) is 3.52. The van der Waals surface area contributed by atoms with Crippen LogP contribution in [0.25, 0.3) is 0 Å². The molecule has 0 aromatic rings. The number of carbonyl (C=O) groups excluding carboxylic acids is 3. The summed E-state index contributed by atoms with van der Waals surface area (Å²) >= 11 is 0. The molecule has 2 atom stereocenters. The summed E-state index contributed by atoms with van der Waals surface area (Å²) in [6.07, 6.45) is 1.01. The van der Waals surface area contributed by atoms with Crippen LogP contribution in [0.3, 0.4) is 0 Å². The van der Waals surface area contributed by atoms with Gasteiger partial charge in [-0.3, -0.25) is 14.4 Å². The molecule has 3 amide bonds. The van der Waals surface area contributed by atoms with E-state index in [9.17, 15) is 14.4 Å². The smallest absolute Gasteiger partial charge is 0.223 e. The molecule has 0 saturated heterocycles. The third-order valence-corrected chi connectivity index (χ3v) is 18.5. The summed E-state index contributed by atoms with van der Waals surface area (Å²) in [7, 11) is 10.8. The lowest BCUT2D eigenvalue weighted by Crippen LogP contribution is -2.25. The number of amides is 3. The van der Waals surface area contributed by atoms with Crippen molar-refractivity contribution in [3.05, 3.63) is 0 Å². The van der Waals surface area contributed by atoms with Gasteiger partial charge in [0.25, 0.3) is 0 Å². The molecule has 0 aromatic carbocycles. The van der Waals surface area contributed by atoms with Crippen molar-refractivity contribution in [3.63, 3.8) is 0 Å². The molecule has 510 valence electrons. The maximum absolute atomic E-state index is 11.6. The molecule has 0 fully saturated rings. The Bertz CT molecular complexity index is 1800. The van der Waals surface area contributed by atoms with Crippen LogP contribution in [0.5, 0.6) is 0 Å². The van der Waals surface area contributed by atoms with Crippen molar-refractivity contribution >= 4 is 82.5 Å². The normalized spacial score (nSPS) is 12.0. The minimum Gasteiger partial charge on any atom is -0.379 e. The Morgan fingerprint density at radius 2 is 0.724 bits per heavy atom. The van der Waals surface area contributed by atoms with Crippen LogP contribution >= 0.6 is 64.8 Å². The molecule has 0 aliphatic carbocycles. The summed E-state index contributed by atoms with van der Waals surface area (Å²) in [6.45, 7) is 47.1. The third-order valence-electron chi connectivity index (χ3n) is 9.98. The fourth-order valence-electron chi connectivity index (χ4n) is 5.76. The van der Waals surface area contributed by atoms with Gasteiger partial charge in [-0.25, -0.2) is 0 Å². The van der Waals surface area contributed by atoms with Crippen LogP contribution in [0, 0.1) is 59.2 Å². The molecule has 0 saturated carbocycles. The second-order valence-electron chi connectivity index (χ2n) is 21.9. The molecule has 6 N–H and O–H groups in total. The number of carbonyl (C=O) groups is 3. The standard InChI is InChI=1S/C22H42N2O4S2.C21H40N2O4S2.C20H38N2O4S2/c1-18(2)8-7-10-24-21(25)9-12-26-13-14-27-15-16-28-22(19(3)4)30-29-17-11-23-20(5)6;1-18(2)8-7-10-23-20(24)9-12-25-13-14-26-15-16-27-21(5,6)29-28-17-11-22-19(3)4;1-17(2)7-6-9-22-20(23)8-11-24-12-13-25-14-15-26-19(5)28-27-16-10-21-18(3)4/h18-20,22-23H,9-17H2,1-6H3,(H,24,25);18-19,22H,9-17H2,1-6H3,(H,23,24);17-19,21H,8-16H2,1-5H3,(H,22,23). The van der Waals surface area contributed by atoms with Gasteiger partial charge >= 0.3 is 0 Å². The zero-order chi connectivity index (χ0) is 65.6. The Kier molecular flexibility index (Phi) is 68.4.